The van der Waals surface area contributed by atoms with Crippen molar-refractivity contribution in [2.45, 2.75) is 33.0 Å². The van der Waals surface area contributed by atoms with Crippen molar-refractivity contribution in [2.75, 3.05) is 31.7 Å². The number of amides is 1. The lowest BCUT2D eigenvalue weighted by atomic mass is 10.1. The Kier molecular flexibility index (Phi) is 4.73. The summed E-state index contributed by atoms with van der Waals surface area (Å²) in [6.07, 6.45) is 0.268. The number of ketones is 1. The zero-order valence-corrected chi connectivity index (χ0v) is 14.2. The predicted octanol–water partition coefficient (Wildman–Crippen LogP) is 0.249. The second-order valence-electron chi connectivity index (χ2n) is 6.45. The molecule has 2 heterocycles. The summed E-state index contributed by atoms with van der Waals surface area (Å²) in [5.41, 5.74) is 0.886. The number of carbonyl (C=O) groups excluding carboxylic acids is 2. The fourth-order valence-corrected chi connectivity index (χ4v) is 3.29. The molecule has 1 amide bonds. The number of morpholine rings is 1. The van der Waals surface area contributed by atoms with Crippen molar-refractivity contribution in [3.63, 3.8) is 0 Å². The largest absolute Gasteiger partial charge is 0.454 e. The van der Waals surface area contributed by atoms with E-state index in [0.29, 0.717) is 29.3 Å². The molecule has 24 heavy (non-hydrogen) atoms. The smallest absolute Gasteiger partial charge is 0.279 e. The van der Waals surface area contributed by atoms with Crippen molar-refractivity contribution in [3.05, 3.63) is 17.7 Å². The first-order chi connectivity index (χ1) is 11.4. The quantitative estimate of drug-likeness (QED) is 0.771. The average Bonchev–Trinajstić information content (AvgIpc) is 2.92. The van der Waals surface area contributed by atoms with E-state index in [-0.39, 0.29) is 30.7 Å². The van der Waals surface area contributed by atoms with Crippen molar-refractivity contribution in [1.29, 1.82) is 0 Å². The number of carbonyl (C=O) groups is 2. The molecule has 0 aliphatic carbocycles. The van der Waals surface area contributed by atoms with Crippen LogP contribution in [0, 0.1) is 0 Å². The number of hydrogen-bond acceptors (Lipinski definition) is 5. The standard InChI is InChI=1S/C17H22N2O5/c1-10-6-19(7-11(2)24-10)8-17(21)18-14-5-16-15(22-9-23-16)4-13(14)12(3)20/h4-5,10-11H,6-9H2,1-3H3,(H,18,21)/p+1/t10-,11+. The topological polar surface area (TPSA) is 78.3 Å². The summed E-state index contributed by atoms with van der Waals surface area (Å²) >= 11 is 0. The SMILES string of the molecule is CC(=O)c1cc2c(cc1NC(=O)C[NH+]1C[C@@H](C)O[C@@H](C)C1)OCO2. The Morgan fingerprint density at radius 1 is 1.17 bits per heavy atom. The van der Waals surface area contributed by atoms with E-state index in [0.717, 1.165) is 13.1 Å². The van der Waals surface area contributed by atoms with Crippen LogP contribution in [0.1, 0.15) is 31.1 Å². The van der Waals surface area contributed by atoms with Crippen LogP contribution < -0.4 is 19.7 Å². The number of hydrogen-bond donors (Lipinski definition) is 2. The van der Waals surface area contributed by atoms with Gasteiger partial charge in [0.05, 0.1) is 5.69 Å². The Bertz CT molecular complexity index is 651. The summed E-state index contributed by atoms with van der Waals surface area (Å²) < 4.78 is 16.3. The van der Waals surface area contributed by atoms with Gasteiger partial charge < -0.3 is 24.4 Å². The summed E-state index contributed by atoms with van der Waals surface area (Å²) in [5, 5.41) is 2.84. The van der Waals surface area contributed by atoms with Crippen LogP contribution >= 0.6 is 0 Å². The first-order valence-corrected chi connectivity index (χ1v) is 8.16. The summed E-state index contributed by atoms with van der Waals surface area (Å²) in [4.78, 5) is 25.4. The Labute approximate surface area is 140 Å². The third-order valence-corrected chi connectivity index (χ3v) is 4.19. The fraction of sp³-hybridized carbons (Fsp3) is 0.529. The van der Waals surface area contributed by atoms with E-state index in [1.807, 2.05) is 13.8 Å². The minimum Gasteiger partial charge on any atom is -0.454 e. The van der Waals surface area contributed by atoms with Crippen molar-refractivity contribution in [2.24, 2.45) is 0 Å². The van der Waals surface area contributed by atoms with Gasteiger partial charge >= 0.3 is 0 Å². The number of Topliss-reactive ketones (excluding diaryl/α,β-unsaturated/α-hetero) is 1. The molecule has 1 unspecified atom stereocenters. The first kappa shape index (κ1) is 16.7. The second-order valence-corrected chi connectivity index (χ2v) is 6.45. The molecule has 2 aliphatic rings. The Balaban J connectivity index is 1.71. The minimum absolute atomic E-state index is 0.123. The molecule has 3 rings (SSSR count). The maximum Gasteiger partial charge on any atom is 0.279 e. The van der Waals surface area contributed by atoms with Crippen LogP contribution in [0.25, 0.3) is 0 Å². The molecule has 0 spiro atoms. The van der Waals surface area contributed by atoms with Crippen LogP contribution in [0.15, 0.2) is 12.1 Å². The molecular weight excluding hydrogens is 312 g/mol. The summed E-state index contributed by atoms with van der Waals surface area (Å²) in [7, 11) is 0. The summed E-state index contributed by atoms with van der Waals surface area (Å²) in [6, 6.07) is 3.27. The van der Waals surface area contributed by atoms with E-state index < -0.39 is 0 Å². The molecule has 0 saturated carbocycles. The molecule has 0 aromatic heterocycles. The molecule has 1 saturated heterocycles. The van der Waals surface area contributed by atoms with Crippen molar-refractivity contribution < 1.29 is 28.7 Å². The lowest BCUT2D eigenvalue weighted by Crippen LogP contribution is -3.16. The molecule has 130 valence electrons. The number of anilines is 1. The molecule has 7 heteroatoms. The van der Waals surface area contributed by atoms with Crippen LogP contribution in [0.3, 0.4) is 0 Å². The van der Waals surface area contributed by atoms with E-state index in [9.17, 15) is 9.59 Å². The van der Waals surface area contributed by atoms with Crippen molar-refractivity contribution in [3.8, 4) is 11.5 Å². The first-order valence-electron chi connectivity index (χ1n) is 8.16. The average molecular weight is 335 g/mol. The minimum atomic E-state index is -0.135. The highest BCUT2D eigenvalue weighted by Gasteiger charge is 2.28. The molecule has 1 fully saturated rings. The molecule has 1 aromatic rings. The van der Waals surface area contributed by atoms with Gasteiger partial charge in [0.15, 0.2) is 23.8 Å². The molecule has 7 nitrogen and oxygen atoms in total. The molecule has 0 radical (unpaired) electrons. The van der Waals surface area contributed by atoms with E-state index in [2.05, 4.69) is 5.32 Å². The van der Waals surface area contributed by atoms with E-state index >= 15 is 0 Å². The maximum atomic E-state index is 12.4. The number of fused-ring (bicyclic) bond motifs is 1. The van der Waals surface area contributed by atoms with E-state index in [1.165, 1.54) is 11.8 Å². The number of benzene rings is 1. The molecule has 1 aromatic carbocycles. The van der Waals surface area contributed by atoms with Gasteiger partial charge in [0, 0.05) is 11.6 Å². The number of ether oxygens (including phenoxy) is 3. The van der Waals surface area contributed by atoms with Gasteiger partial charge in [-0.1, -0.05) is 0 Å². The van der Waals surface area contributed by atoms with E-state index in [4.69, 9.17) is 14.2 Å². The highest BCUT2D eigenvalue weighted by atomic mass is 16.7. The second kappa shape index (κ2) is 6.78. The van der Waals surface area contributed by atoms with Gasteiger partial charge in [-0.15, -0.1) is 0 Å². The van der Waals surface area contributed by atoms with Gasteiger partial charge in [0.2, 0.25) is 6.79 Å². The Hall–Kier alpha value is -2.12. The van der Waals surface area contributed by atoms with Crippen LogP contribution in [0.2, 0.25) is 0 Å². The highest BCUT2D eigenvalue weighted by Crippen LogP contribution is 2.37. The molecule has 2 N–H and O–H groups in total. The Morgan fingerprint density at radius 3 is 2.42 bits per heavy atom. The van der Waals surface area contributed by atoms with Crippen LogP contribution in [-0.2, 0) is 9.53 Å². The maximum absolute atomic E-state index is 12.4. The van der Waals surface area contributed by atoms with Crippen LogP contribution in [-0.4, -0.2) is 50.3 Å². The normalized spacial score (nSPS) is 25.4. The Morgan fingerprint density at radius 2 is 1.79 bits per heavy atom. The van der Waals surface area contributed by atoms with Gasteiger partial charge in [-0.25, -0.2) is 0 Å². The van der Waals surface area contributed by atoms with Crippen LogP contribution in [0.5, 0.6) is 11.5 Å². The lowest BCUT2D eigenvalue weighted by molar-refractivity contribution is -0.907. The molecule has 2 aliphatic heterocycles. The van der Waals surface area contributed by atoms with Gasteiger partial charge in [-0.3, -0.25) is 9.59 Å². The van der Waals surface area contributed by atoms with Gasteiger partial charge in [-0.05, 0) is 26.8 Å². The number of quaternary nitrogens is 1. The van der Waals surface area contributed by atoms with Crippen molar-refractivity contribution >= 4 is 17.4 Å². The third kappa shape index (κ3) is 3.68. The monoisotopic (exact) mass is 335 g/mol. The van der Waals surface area contributed by atoms with Crippen LogP contribution in [0.4, 0.5) is 5.69 Å². The summed E-state index contributed by atoms with van der Waals surface area (Å²) in [5.74, 6) is 0.799. The van der Waals surface area contributed by atoms with Gasteiger partial charge in [-0.2, -0.15) is 0 Å². The number of nitrogens with one attached hydrogen (secondary N) is 2. The van der Waals surface area contributed by atoms with E-state index in [1.54, 1.807) is 12.1 Å². The zero-order valence-electron chi connectivity index (χ0n) is 14.2. The van der Waals surface area contributed by atoms with Gasteiger partial charge in [0.1, 0.15) is 25.3 Å². The van der Waals surface area contributed by atoms with Crippen molar-refractivity contribution in [1.82, 2.24) is 0 Å². The molecule has 0 bridgehead atoms. The van der Waals surface area contributed by atoms with Gasteiger partial charge in [0.25, 0.3) is 5.91 Å². The lowest BCUT2D eigenvalue weighted by Gasteiger charge is -2.31. The third-order valence-electron chi connectivity index (χ3n) is 4.19. The molecule has 3 atom stereocenters. The predicted molar refractivity (Wildman–Crippen MR) is 86.8 cm³/mol. The number of rotatable bonds is 4. The molecular formula is C17H23N2O5+. The zero-order chi connectivity index (χ0) is 17.3. The fourth-order valence-electron chi connectivity index (χ4n) is 3.29. The highest BCUT2D eigenvalue weighted by molar-refractivity contribution is 6.04. The summed E-state index contributed by atoms with van der Waals surface area (Å²) in [6.45, 7) is 7.53.